The molecule has 1 aromatic heterocycles. The lowest BCUT2D eigenvalue weighted by Gasteiger charge is -2.51. The number of fused-ring (bicyclic) bond motifs is 1. The highest BCUT2D eigenvalue weighted by molar-refractivity contribution is 5.41. The second-order valence-electron chi connectivity index (χ2n) is 5.43. The summed E-state index contributed by atoms with van der Waals surface area (Å²) in [5, 5.41) is 12.4. The van der Waals surface area contributed by atoms with Crippen LogP contribution in [0.2, 0.25) is 0 Å². The number of rotatable bonds is 3. The van der Waals surface area contributed by atoms with Gasteiger partial charge in [-0.2, -0.15) is 5.26 Å². The molecule has 2 heterocycles. The van der Waals surface area contributed by atoms with Crippen molar-refractivity contribution in [2.24, 2.45) is 5.92 Å². The molecule has 1 aromatic rings. The van der Waals surface area contributed by atoms with E-state index in [1.807, 2.05) is 12.1 Å². The first-order valence-electron chi connectivity index (χ1n) is 6.62. The van der Waals surface area contributed by atoms with E-state index in [4.69, 9.17) is 10.00 Å². The Bertz CT molecular complexity index is 510. The SMILES string of the molecule is CN(C)[C@@H]1[C@@H](Nc2cccc(C#N)n2)[C@H]2CCO[C@H]21. The minimum atomic E-state index is 0.339. The maximum Gasteiger partial charge on any atom is 0.142 e. The first-order valence-corrected chi connectivity index (χ1v) is 6.62. The van der Waals surface area contributed by atoms with Gasteiger partial charge in [0.15, 0.2) is 0 Å². The van der Waals surface area contributed by atoms with Crippen molar-refractivity contribution in [3.8, 4) is 6.07 Å². The predicted octanol–water partition coefficient (Wildman–Crippen LogP) is 1.08. The fraction of sp³-hybridized carbons (Fsp3) is 0.571. The summed E-state index contributed by atoms with van der Waals surface area (Å²) in [5.74, 6) is 1.33. The number of nitrogens with one attached hydrogen (secondary N) is 1. The second kappa shape index (κ2) is 4.80. The topological polar surface area (TPSA) is 61.2 Å². The highest BCUT2D eigenvalue weighted by Gasteiger charge is 2.54. The minimum absolute atomic E-state index is 0.339. The van der Waals surface area contributed by atoms with Gasteiger partial charge in [-0.25, -0.2) is 4.98 Å². The van der Waals surface area contributed by atoms with Crippen molar-refractivity contribution < 1.29 is 4.74 Å². The molecule has 1 saturated heterocycles. The molecule has 0 aromatic carbocycles. The molecule has 19 heavy (non-hydrogen) atoms. The number of nitriles is 1. The van der Waals surface area contributed by atoms with Crippen LogP contribution in [-0.2, 0) is 4.74 Å². The largest absolute Gasteiger partial charge is 0.376 e. The number of hydrogen-bond donors (Lipinski definition) is 1. The fourth-order valence-corrected chi connectivity index (χ4v) is 3.23. The van der Waals surface area contributed by atoms with E-state index in [9.17, 15) is 0 Å². The zero-order chi connectivity index (χ0) is 13.4. The number of ether oxygens (including phenoxy) is 1. The molecular formula is C14H18N4O. The van der Waals surface area contributed by atoms with Gasteiger partial charge in [0.25, 0.3) is 0 Å². The average Bonchev–Trinajstić information content (AvgIpc) is 2.79. The summed E-state index contributed by atoms with van der Waals surface area (Å²) >= 11 is 0. The number of aromatic nitrogens is 1. The first kappa shape index (κ1) is 12.4. The molecule has 5 heteroatoms. The molecule has 1 saturated carbocycles. The van der Waals surface area contributed by atoms with E-state index in [0.717, 1.165) is 18.8 Å². The Balaban J connectivity index is 1.76. The van der Waals surface area contributed by atoms with Gasteiger partial charge in [-0.05, 0) is 32.6 Å². The number of hydrogen-bond acceptors (Lipinski definition) is 5. The van der Waals surface area contributed by atoms with Gasteiger partial charge in [-0.15, -0.1) is 0 Å². The molecule has 1 N–H and O–H groups in total. The van der Waals surface area contributed by atoms with E-state index in [2.05, 4.69) is 35.4 Å². The van der Waals surface area contributed by atoms with Gasteiger partial charge in [0.2, 0.25) is 0 Å². The zero-order valence-electron chi connectivity index (χ0n) is 11.2. The molecule has 3 rings (SSSR count). The van der Waals surface area contributed by atoms with Crippen molar-refractivity contribution in [1.29, 1.82) is 5.26 Å². The summed E-state index contributed by atoms with van der Waals surface area (Å²) in [5.41, 5.74) is 0.449. The Kier molecular flexibility index (Phi) is 3.13. The van der Waals surface area contributed by atoms with Crippen LogP contribution in [-0.4, -0.2) is 48.8 Å². The monoisotopic (exact) mass is 258 g/mol. The van der Waals surface area contributed by atoms with E-state index < -0.39 is 0 Å². The van der Waals surface area contributed by atoms with Crippen LogP contribution in [0.25, 0.3) is 0 Å². The standard InChI is InChI=1S/C14H18N4O/c1-18(2)13-12(10-6-7-19-14(10)13)17-11-5-3-4-9(8-15)16-11/h3-5,10,12-14H,6-7H2,1-2H3,(H,16,17)/t10-,12+,13-,14-/m1/s1. The third-order valence-electron chi connectivity index (χ3n) is 4.12. The van der Waals surface area contributed by atoms with E-state index in [1.54, 1.807) is 6.07 Å². The number of nitrogens with zero attached hydrogens (tertiary/aromatic N) is 3. The highest BCUT2D eigenvalue weighted by atomic mass is 16.5. The van der Waals surface area contributed by atoms with Crippen molar-refractivity contribution in [3.05, 3.63) is 23.9 Å². The minimum Gasteiger partial charge on any atom is -0.376 e. The Morgan fingerprint density at radius 2 is 2.32 bits per heavy atom. The molecule has 0 radical (unpaired) electrons. The highest BCUT2D eigenvalue weighted by Crippen LogP contribution is 2.42. The predicted molar refractivity (Wildman–Crippen MR) is 71.7 cm³/mol. The molecular weight excluding hydrogens is 240 g/mol. The van der Waals surface area contributed by atoms with Crippen molar-refractivity contribution in [2.75, 3.05) is 26.0 Å². The third-order valence-corrected chi connectivity index (χ3v) is 4.12. The summed E-state index contributed by atoms with van der Waals surface area (Å²) < 4.78 is 5.78. The lowest BCUT2D eigenvalue weighted by molar-refractivity contribution is -0.0516. The number of anilines is 1. The van der Waals surface area contributed by atoms with E-state index in [0.29, 0.717) is 29.8 Å². The smallest absolute Gasteiger partial charge is 0.142 e. The third kappa shape index (κ3) is 2.07. The maximum absolute atomic E-state index is 8.89. The van der Waals surface area contributed by atoms with Crippen LogP contribution in [0.15, 0.2) is 18.2 Å². The summed E-state index contributed by atoms with van der Waals surface area (Å²) in [4.78, 5) is 6.50. The summed E-state index contributed by atoms with van der Waals surface area (Å²) in [6.45, 7) is 0.851. The quantitative estimate of drug-likeness (QED) is 0.879. The lowest BCUT2D eigenvalue weighted by atomic mass is 9.71. The fourth-order valence-electron chi connectivity index (χ4n) is 3.23. The van der Waals surface area contributed by atoms with Crippen LogP contribution in [0.5, 0.6) is 0 Å². The lowest BCUT2D eigenvalue weighted by Crippen LogP contribution is -2.66. The molecule has 2 aliphatic rings. The zero-order valence-corrected chi connectivity index (χ0v) is 11.2. The summed E-state index contributed by atoms with van der Waals surface area (Å²) in [6.07, 6.45) is 1.44. The molecule has 5 nitrogen and oxygen atoms in total. The molecule has 0 spiro atoms. The van der Waals surface area contributed by atoms with Gasteiger partial charge in [-0.1, -0.05) is 6.07 Å². The molecule has 1 aliphatic heterocycles. The van der Waals surface area contributed by atoms with Gasteiger partial charge in [0, 0.05) is 12.5 Å². The van der Waals surface area contributed by atoms with E-state index in [-0.39, 0.29) is 0 Å². The van der Waals surface area contributed by atoms with Gasteiger partial charge >= 0.3 is 0 Å². The average molecular weight is 258 g/mol. The van der Waals surface area contributed by atoms with Crippen LogP contribution < -0.4 is 5.32 Å². The van der Waals surface area contributed by atoms with Crippen LogP contribution in [0.3, 0.4) is 0 Å². The van der Waals surface area contributed by atoms with Crippen LogP contribution in [0, 0.1) is 17.2 Å². The summed E-state index contributed by atoms with van der Waals surface area (Å²) in [6, 6.07) is 8.29. The van der Waals surface area contributed by atoms with Crippen LogP contribution >= 0.6 is 0 Å². The molecule has 100 valence electrons. The first-order chi connectivity index (χ1) is 9.20. The number of pyridine rings is 1. The number of likely N-dealkylation sites (N-methyl/N-ethyl adjacent to an activating group) is 1. The molecule has 1 aliphatic carbocycles. The van der Waals surface area contributed by atoms with Crippen LogP contribution in [0.1, 0.15) is 12.1 Å². The van der Waals surface area contributed by atoms with E-state index in [1.165, 1.54) is 0 Å². The van der Waals surface area contributed by atoms with Gasteiger partial charge < -0.3 is 15.0 Å². The van der Waals surface area contributed by atoms with E-state index >= 15 is 0 Å². The van der Waals surface area contributed by atoms with Crippen molar-refractivity contribution >= 4 is 5.82 Å². The van der Waals surface area contributed by atoms with Gasteiger partial charge in [-0.3, -0.25) is 0 Å². The maximum atomic E-state index is 8.89. The van der Waals surface area contributed by atoms with Crippen molar-refractivity contribution in [3.63, 3.8) is 0 Å². The van der Waals surface area contributed by atoms with Crippen molar-refractivity contribution in [1.82, 2.24) is 9.88 Å². The molecule has 0 amide bonds. The summed E-state index contributed by atoms with van der Waals surface area (Å²) in [7, 11) is 4.16. The van der Waals surface area contributed by atoms with Gasteiger partial charge in [0.1, 0.15) is 17.6 Å². The Morgan fingerprint density at radius 3 is 3.05 bits per heavy atom. The van der Waals surface area contributed by atoms with Crippen LogP contribution in [0.4, 0.5) is 5.82 Å². The van der Waals surface area contributed by atoms with Crippen molar-refractivity contribution in [2.45, 2.75) is 24.6 Å². The Labute approximate surface area is 113 Å². The Hall–Kier alpha value is -1.64. The normalized spacial score (nSPS) is 32.5. The second-order valence-corrected chi connectivity index (χ2v) is 5.43. The Morgan fingerprint density at radius 1 is 1.47 bits per heavy atom. The molecule has 2 fully saturated rings. The van der Waals surface area contributed by atoms with Gasteiger partial charge in [0.05, 0.1) is 18.2 Å². The molecule has 4 atom stereocenters. The molecule has 0 bridgehead atoms. The molecule has 0 unspecified atom stereocenters.